The van der Waals surface area contributed by atoms with E-state index in [1.54, 1.807) is 19.1 Å². The van der Waals surface area contributed by atoms with Crippen LogP contribution >= 0.6 is 0 Å². The first-order valence-electron chi connectivity index (χ1n) is 8.10. The van der Waals surface area contributed by atoms with E-state index in [0.717, 1.165) is 6.26 Å². The van der Waals surface area contributed by atoms with Gasteiger partial charge < -0.3 is 10.1 Å². The van der Waals surface area contributed by atoms with E-state index in [4.69, 9.17) is 4.74 Å². The number of esters is 1. The van der Waals surface area contributed by atoms with Crippen molar-refractivity contribution in [2.24, 2.45) is 0 Å². The standard InChI is InChI=1S/C19H20FNO5S/c1-12-7-8-16(10-17(12)20)21-18(22)13(2)26-19(23)15-6-4-5-14(9-15)11-27(3,24)25/h4-10,13H,11H2,1-3H3,(H,21,22)/t13-/m0/s1. The van der Waals surface area contributed by atoms with Gasteiger partial charge in [0.15, 0.2) is 15.9 Å². The van der Waals surface area contributed by atoms with E-state index in [0.29, 0.717) is 11.1 Å². The van der Waals surface area contributed by atoms with E-state index < -0.39 is 33.6 Å². The Labute approximate surface area is 157 Å². The molecule has 0 radical (unpaired) electrons. The van der Waals surface area contributed by atoms with Crippen molar-refractivity contribution in [2.45, 2.75) is 25.7 Å². The first kappa shape index (κ1) is 20.6. The Morgan fingerprint density at radius 3 is 2.52 bits per heavy atom. The number of hydrogen-bond acceptors (Lipinski definition) is 5. The Bertz CT molecular complexity index is 972. The van der Waals surface area contributed by atoms with Gasteiger partial charge in [-0.15, -0.1) is 0 Å². The largest absolute Gasteiger partial charge is 0.449 e. The molecule has 0 aliphatic rings. The molecule has 0 spiro atoms. The monoisotopic (exact) mass is 393 g/mol. The number of aryl methyl sites for hydroxylation is 1. The molecule has 1 atom stereocenters. The van der Waals surface area contributed by atoms with E-state index in [1.165, 1.54) is 37.3 Å². The molecule has 27 heavy (non-hydrogen) atoms. The van der Waals surface area contributed by atoms with Crippen LogP contribution in [0.5, 0.6) is 0 Å². The summed E-state index contributed by atoms with van der Waals surface area (Å²) < 4.78 is 41.4. The number of hydrogen-bond donors (Lipinski definition) is 1. The molecule has 0 saturated carbocycles. The van der Waals surface area contributed by atoms with Crippen molar-refractivity contribution in [3.05, 3.63) is 65.0 Å². The van der Waals surface area contributed by atoms with Gasteiger partial charge in [-0.3, -0.25) is 4.79 Å². The number of benzene rings is 2. The van der Waals surface area contributed by atoms with Crippen LogP contribution in [0.15, 0.2) is 42.5 Å². The lowest BCUT2D eigenvalue weighted by Gasteiger charge is -2.14. The molecule has 2 rings (SSSR count). The third kappa shape index (κ3) is 6.18. The molecule has 2 aromatic carbocycles. The molecule has 2 aromatic rings. The summed E-state index contributed by atoms with van der Waals surface area (Å²) in [6.45, 7) is 2.99. The second kappa shape index (κ2) is 8.30. The number of carbonyl (C=O) groups is 2. The quantitative estimate of drug-likeness (QED) is 0.763. The van der Waals surface area contributed by atoms with Crippen molar-refractivity contribution in [3.8, 4) is 0 Å². The SMILES string of the molecule is Cc1ccc(NC(=O)[C@H](C)OC(=O)c2cccc(CS(C)(=O)=O)c2)cc1F. The molecule has 0 heterocycles. The summed E-state index contributed by atoms with van der Waals surface area (Å²) in [6.07, 6.45) is -0.0291. The van der Waals surface area contributed by atoms with Gasteiger partial charge in [0.25, 0.3) is 5.91 Å². The normalized spacial score (nSPS) is 12.3. The van der Waals surface area contributed by atoms with Gasteiger partial charge >= 0.3 is 5.97 Å². The molecule has 1 amide bonds. The lowest BCUT2D eigenvalue weighted by atomic mass is 10.1. The lowest BCUT2D eigenvalue weighted by Crippen LogP contribution is -2.30. The molecule has 0 unspecified atom stereocenters. The number of anilines is 1. The Morgan fingerprint density at radius 2 is 1.89 bits per heavy atom. The molecule has 6 nitrogen and oxygen atoms in total. The molecule has 144 valence electrons. The third-order valence-electron chi connectivity index (χ3n) is 3.68. The van der Waals surface area contributed by atoms with Crippen molar-refractivity contribution in [1.29, 1.82) is 0 Å². The number of sulfone groups is 1. The van der Waals surface area contributed by atoms with Crippen LogP contribution in [0.3, 0.4) is 0 Å². The predicted octanol–water partition coefficient (Wildman–Crippen LogP) is 2.86. The van der Waals surface area contributed by atoms with E-state index in [9.17, 15) is 22.4 Å². The van der Waals surface area contributed by atoms with Gasteiger partial charge in [-0.1, -0.05) is 18.2 Å². The van der Waals surface area contributed by atoms with E-state index >= 15 is 0 Å². The lowest BCUT2D eigenvalue weighted by molar-refractivity contribution is -0.123. The molecule has 0 bridgehead atoms. The number of halogens is 1. The molecule has 0 aliphatic carbocycles. The topological polar surface area (TPSA) is 89.5 Å². The van der Waals surface area contributed by atoms with Crippen LogP contribution in [0.2, 0.25) is 0 Å². The fourth-order valence-corrected chi connectivity index (χ4v) is 3.07. The Balaban J connectivity index is 2.03. The molecule has 0 saturated heterocycles. The second-order valence-corrected chi connectivity index (χ2v) is 8.41. The third-order valence-corrected chi connectivity index (χ3v) is 4.54. The van der Waals surface area contributed by atoms with Gasteiger partial charge in [0.1, 0.15) is 5.82 Å². The summed E-state index contributed by atoms with van der Waals surface area (Å²) in [7, 11) is -3.24. The Hall–Kier alpha value is -2.74. The fraction of sp³-hybridized carbons (Fsp3) is 0.263. The van der Waals surface area contributed by atoms with Crippen LogP contribution in [0.25, 0.3) is 0 Å². The highest BCUT2D eigenvalue weighted by molar-refractivity contribution is 7.89. The molecule has 8 heteroatoms. The van der Waals surface area contributed by atoms with Crippen LogP contribution in [0.4, 0.5) is 10.1 Å². The van der Waals surface area contributed by atoms with E-state index in [-0.39, 0.29) is 17.0 Å². The van der Waals surface area contributed by atoms with E-state index in [1.807, 2.05) is 0 Å². The van der Waals surface area contributed by atoms with Crippen LogP contribution in [-0.2, 0) is 25.1 Å². The molecule has 0 fully saturated rings. The van der Waals surface area contributed by atoms with Crippen molar-refractivity contribution in [2.75, 3.05) is 11.6 Å². The molecule has 0 aromatic heterocycles. The van der Waals surface area contributed by atoms with E-state index in [2.05, 4.69) is 5.32 Å². The molecule has 1 N–H and O–H groups in total. The Morgan fingerprint density at radius 1 is 1.19 bits per heavy atom. The van der Waals surface area contributed by atoms with Crippen LogP contribution in [0.1, 0.15) is 28.4 Å². The van der Waals surface area contributed by atoms with Crippen LogP contribution in [0, 0.1) is 12.7 Å². The first-order valence-corrected chi connectivity index (χ1v) is 10.2. The number of amides is 1. The first-order chi connectivity index (χ1) is 12.5. The van der Waals surface area contributed by atoms with Gasteiger partial charge in [0.05, 0.1) is 11.3 Å². The predicted molar refractivity (Wildman–Crippen MR) is 99.6 cm³/mol. The zero-order valence-electron chi connectivity index (χ0n) is 15.2. The number of rotatable bonds is 6. The van der Waals surface area contributed by atoms with Crippen LogP contribution < -0.4 is 5.32 Å². The second-order valence-electron chi connectivity index (χ2n) is 6.27. The maximum absolute atomic E-state index is 13.5. The van der Waals surface area contributed by atoms with Gasteiger partial charge in [0.2, 0.25) is 0 Å². The highest BCUT2D eigenvalue weighted by Gasteiger charge is 2.20. The number of nitrogens with one attached hydrogen (secondary N) is 1. The molecule has 0 aliphatic heterocycles. The zero-order valence-corrected chi connectivity index (χ0v) is 16.0. The highest BCUT2D eigenvalue weighted by atomic mass is 32.2. The van der Waals surface area contributed by atoms with Crippen molar-refractivity contribution >= 4 is 27.4 Å². The van der Waals surface area contributed by atoms with Gasteiger partial charge in [0, 0.05) is 11.9 Å². The summed E-state index contributed by atoms with van der Waals surface area (Å²) in [6, 6.07) is 10.2. The minimum Gasteiger partial charge on any atom is -0.449 e. The zero-order chi connectivity index (χ0) is 20.2. The van der Waals surface area contributed by atoms with Gasteiger partial charge in [-0.2, -0.15) is 0 Å². The molecular weight excluding hydrogens is 373 g/mol. The summed E-state index contributed by atoms with van der Waals surface area (Å²) in [5.41, 5.74) is 1.28. The average molecular weight is 393 g/mol. The fourth-order valence-electron chi connectivity index (χ4n) is 2.29. The van der Waals surface area contributed by atoms with Crippen LogP contribution in [-0.4, -0.2) is 32.7 Å². The van der Waals surface area contributed by atoms with Gasteiger partial charge in [-0.25, -0.2) is 17.6 Å². The minimum absolute atomic E-state index is 0.136. The maximum Gasteiger partial charge on any atom is 0.338 e. The summed E-state index contributed by atoms with van der Waals surface area (Å²) >= 11 is 0. The summed E-state index contributed by atoms with van der Waals surface area (Å²) in [5.74, 6) is -2.04. The average Bonchev–Trinajstić information content (AvgIpc) is 2.56. The van der Waals surface area contributed by atoms with Crippen molar-refractivity contribution in [1.82, 2.24) is 0 Å². The van der Waals surface area contributed by atoms with Crippen molar-refractivity contribution < 1.29 is 27.1 Å². The van der Waals surface area contributed by atoms with Crippen molar-refractivity contribution in [3.63, 3.8) is 0 Å². The maximum atomic E-state index is 13.5. The summed E-state index contributed by atoms with van der Waals surface area (Å²) in [5, 5.41) is 2.47. The van der Waals surface area contributed by atoms with Gasteiger partial charge in [-0.05, 0) is 49.2 Å². The minimum atomic E-state index is -3.24. The molecular formula is C19H20FNO5S. The highest BCUT2D eigenvalue weighted by Crippen LogP contribution is 2.15. The number of carbonyl (C=O) groups excluding carboxylic acids is 2. The number of ether oxygens (including phenoxy) is 1. The summed E-state index contributed by atoms with van der Waals surface area (Å²) in [4.78, 5) is 24.4. The smallest absolute Gasteiger partial charge is 0.338 e. The Kier molecular flexibility index (Phi) is 6.32.